The van der Waals surface area contributed by atoms with Crippen LogP contribution in [-0.4, -0.2) is 37.0 Å². The fourth-order valence-electron chi connectivity index (χ4n) is 1.45. The number of amides is 1. The van der Waals surface area contributed by atoms with E-state index in [4.69, 9.17) is 4.74 Å². The summed E-state index contributed by atoms with van der Waals surface area (Å²) in [7, 11) is 0. The molecule has 0 aromatic heterocycles. The number of alkyl carbamates (subject to hydrolysis) is 1. The monoisotopic (exact) mass is 218 g/mol. The van der Waals surface area contributed by atoms with Crippen molar-refractivity contribution in [2.24, 2.45) is 0 Å². The molecule has 0 aliphatic carbocycles. The number of nitrogens with one attached hydrogen (secondary N) is 2. The lowest BCUT2D eigenvalue weighted by Crippen LogP contribution is -2.39. The smallest absolute Gasteiger partial charge is 0.407 e. The van der Waals surface area contributed by atoms with Crippen LogP contribution >= 0.6 is 0 Å². The standard InChI is InChI=1S/C10H19FN2O2/c1-10(2,3)15-9(14)13-6-8-4-7(11)5-12-8/h7-8,12H,4-6H2,1-3H3,(H,13,14)/t7-,8-/m0/s1. The third-order valence-corrected chi connectivity index (χ3v) is 2.06. The van der Waals surface area contributed by atoms with E-state index in [1.807, 2.05) is 0 Å². The van der Waals surface area contributed by atoms with E-state index in [2.05, 4.69) is 10.6 Å². The molecule has 1 amide bonds. The highest BCUT2D eigenvalue weighted by Gasteiger charge is 2.24. The Hall–Kier alpha value is -0.840. The van der Waals surface area contributed by atoms with E-state index < -0.39 is 17.9 Å². The molecular weight excluding hydrogens is 199 g/mol. The Kier molecular flexibility index (Phi) is 3.90. The van der Waals surface area contributed by atoms with Crippen LogP contribution < -0.4 is 10.6 Å². The molecule has 2 atom stereocenters. The summed E-state index contributed by atoms with van der Waals surface area (Å²) in [6, 6.07) is 0.0209. The maximum Gasteiger partial charge on any atom is 0.407 e. The molecule has 0 radical (unpaired) electrons. The van der Waals surface area contributed by atoms with Crippen molar-refractivity contribution in [1.82, 2.24) is 10.6 Å². The summed E-state index contributed by atoms with van der Waals surface area (Å²) < 4.78 is 17.8. The highest BCUT2D eigenvalue weighted by Crippen LogP contribution is 2.10. The first-order chi connectivity index (χ1) is 6.87. The number of carbonyl (C=O) groups excluding carboxylic acids is 1. The van der Waals surface area contributed by atoms with Crippen LogP contribution in [0.4, 0.5) is 9.18 Å². The molecule has 1 heterocycles. The summed E-state index contributed by atoms with van der Waals surface area (Å²) in [5.41, 5.74) is -0.490. The predicted octanol–water partition coefficient (Wildman–Crippen LogP) is 1.21. The number of alkyl halides is 1. The second kappa shape index (κ2) is 4.79. The number of halogens is 1. The van der Waals surface area contributed by atoms with Gasteiger partial charge < -0.3 is 15.4 Å². The Balaban J connectivity index is 2.17. The van der Waals surface area contributed by atoms with Crippen LogP contribution in [0.5, 0.6) is 0 Å². The van der Waals surface area contributed by atoms with Crippen molar-refractivity contribution in [2.45, 2.75) is 45.0 Å². The highest BCUT2D eigenvalue weighted by atomic mass is 19.1. The Labute approximate surface area is 89.6 Å². The molecule has 15 heavy (non-hydrogen) atoms. The van der Waals surface area contributed by atoms with Gasteiger partial charge in [0, 0.05) is 19.1 Å². The number of carbonyl (C=O) groups is 1. The van der Waals surface area contributed by atoms with Crippen LogP contribution in [-0.2, 0) is 4.74 Å². The van der Waals surface area contributed by atoms with Gasteiger partial charge in [-0.1, -0.05) is 0 Å². The fourth-order valence-corrected chi connectivity index (χ4v) is 1.45. The van der Waals surface area contributed by atoms with Crippen molar-refractivity contribution in [3.8, 4) is 0 Å². The van der Waals surface area contributed by atoms with Gasteiger partial charge in [0.15, 0.2) is 0 Å². The van der Waals surface area contributed by atoms with Crippen LogP contribution in [0.25, 0.3) is 0 Å². The number of hydrogen-bond acceptors (Lipinski definition) is 3. The van der Waals surface area contributed by atoms with E-state index in [1.54, 1.807) is 20.8 Å². The topological polar surface area (TPSA) is 50.4 Å². The van der Waals surface area contributed by atoms with Crippen molar-refractivity contribution >= 4 is 6.09 Å². The Morgan fingerprint density at radius 2 is 2.27 bits per heavy atom. The minimum atomic E-state index is -0.796. The minimum Gasteiger partial charge on any atom is -0.444 e. The quantitative estimate of drug-likeness (QED) is 0.732. The predicted molar refractivity (Wildman–Crippen MR) is 55.5 cm³/mol. The lowest BCUT2D eigenvalue weighted by atomic mass is 10.2. The second-order valence-electron chi connectivity index (χ2n) is 4.82. The summed E-state index contributed by atoms with van der Waals surface area (Å²) in [5, 5.41) is 5.59. The Morgan fingerprint density at radius 1 is 1.60 bits per heavy atom. The van der Waals surface area contributed by atoms with Crippen LogP contribution in [0.2, 0.25) is 0 Å². The molecule has 4 nitrogen and oxygen atoms in total. The molecule has 1 fully saturated rings. The van der Waals surface area contributed by atoms with Gasteiger partial charge in [-0.25, -0.2) is 9.18 Å². The van der Waals surface area contributed by atoms with Gasteiger partial charge in [-0.2, -0.15) is 0 Å². The normalized spacial score (nSPS) is 26.4. The minimum absolute atomic E-state index is 0.0209. The lowest BCUT2D eigenvalue weighted by molar-refractivity contribution is 0.0523. The summed E-state index contributed by atoms with van der Waals surface area (Å²) in [6.45, 7) is 6.20. The molecule has 1 rings (SSSR count). The Bertz CT molecular complexity index is 228. The van der Waals surface area contributed by atoms with Crippen molar-refractivity contribution in [3.63, 3.8) is 0 Å². The van der Waals surface area contributed by atoms with E-state index >= 15 is 0 Å². The average Bonchev–Trinajstić information content (AvgIpc) is 2.45. The molecule has 88 valence electrons. The van der Waals surface area contributed by atoms with Gasteiger partial charge >= 0.3 is 6.09 Å². The summed E-state index contributed by atoms with van der Waals surface area (Å²) in [6.07, 6.45) is -0.794. The van der Waals surface area contributed by atoms with E-state index in [0.29, 0.717) is 19.5 Å². The zero-order valence-corrected chi connectivity index (χ0v) is 9.47. The third kappa shape index (κ3) is 4.97. The van der Waals surface area contributed by atoms with Crippen LogP contribution in [0.1, 0.15) is 27.2 Å². The van der Waals surface area contributed by atoms with Crippen molar-refractivity contribution in [2.75, 3.05) is 13.1 Å². The molecule has 0 saturated carbocycles. The molecular formula is C10H19FN2O2. The van der Waals surface area contributed by atoms with E-state index in [0.717, 1.165) is 0 Å². The number of rotatable bonds is 2. The zero-order valence-electron chi connectivity index (χ0n) is 9.47. The van der Waals surface area contributed by atoms with E-state index in [1.165, 1.54) is 0 Å². The van der Waals surface area contributed by atoms with Crippen molar-refractivity contribution < 1.29 is 13.9 Å². The third-order valence-electron chi connectivity index (χ3n) is 2.06. The summed E-state index contributed by atoms with van der Waals surface area (Å²) in [5.74, 6) is 0. The highest BCUT2D eigenvalue weighted by molar-refractivity contribution is 5.67. The summed E-state index contributed by atoms with van der Waals surface area (Å²) >= 11 is 0. The molecule has 0 spiro atoms. The lowest BCUT2D eigenvalue weighted by Gasteiger charge is -2.20. The SMILES string of the molecule is CC(C)(C)OC(=O)NC[C@@H]1C[C@H](F)CN1. The zero-order chi connectivity index (χ0) is 11.5. The van der Waals surface area contributed by atoms with Crippen molar-refractivity contribution in [1.29, 1.82) is 0 Å². The molecule has 0 aromatic carbocycles. The molecule has 1 aliphatic heterocycles. The van der Waals surface area contributed by atoms with Crippen LogP contribution in [0, 0.1) is 0 Å². The average molecular weight is 218 g/mol. The van der Waals surface area contributed by atoms with Gasteiger partial charge in [0.1, 0.15) is 11.8 Å². The summed E-state index contributed by atoms with van der Waals surface area (Å²) in [4.78, 5) is 11.2. The molecule has 2 N–H and O–H groups in total. The number of hydrogen-bond donors (Lipinski definition) is 2. The van der Waals surface area contributed by atoms with Gasteiger partial charge in [-0.3, -0.25) is 0 Å². The molecule has 0 bridgehead atoms. The van der Waals surface area contributed by atoms with Crippen LogP contribution in [0.15, 0.2) is 0 Å². The molecule has 1 aliphatic rings. The number of ether oxygens (including phenoxy) is 1. The van der Waals surface area contributed by atoms with Gasteiger partial charge in [-0.05, 0) is 27.2 Å². The van der Waals surface area contributed by atoms with Crippen LogP contribution in [0.3, 0.4) is 0 Å². The molecule has 0 unspecified atom stereocenters. The van der Waals surface area contributed by atoms with Gasteiger partial charge in [0.25, 0.3) is 0 Å². The molecule has 0 aromatic rings. The first-order valence-corrected chi connectivity index (χ1v) is 5.21. The van der Waals surface area contributed by atoms with E-state index in [9.17, 15) is 9.18 Å². The first kappa shape index (κ1) is 12.2. The first-order valence-electron chi connectivity index (χ1n) is 5.21. The van der Waals surface area contributed by atoms with Crippen molar-refractivity contribution in [3.05, 3.63) is 0 Å². The Morgan fingerprint density at radius 3 is 2.73 bits per heavy atom. The van der Waals surface area contributed by atoms with Gasteiger partial charge in [-0.15, -0.1) is 0 Å². The molecule has 5 heteroatoms. The van der Waals surface area contributed by atoms with Gasteiger partial charge in [0.2, 0.25) is 0 Å². The molecule has 1 saturated heterocycles. The maximum atomic E-state index is 12.8. The second-order valence-corrected chi connectivity index (χ2v) is 4.82. The van der Waals surface area contributed by atoms with E-state index in [-0.39, 0.29) is 6.04 Å². The fraction of sp³-hybridized carbons (Fsp3) is 0.900. The van der Waals surface area contributed by atoms with Gasteiger partial charge in [0.05, 0.1) is 0 Å². The maximum absolute atomic E-state index is 12.8. The largest absolute Gasteiger partial charge is 0.444 e.